The summed E-state index contributed by atoms with van der Waals surface area (Å²) in [6.45, 7) is 8.08. The molecule has 0 saturated heterocycles. The van der Waals surface area contributed by atoms with E-state index in [1.807, 2.05) is 13.8 Å². The number of amides is 1. The highest BCUT2D eigenvalue weighted by Crippen LogP contribution is 2.31. The third-order valence-corrected chi connectivity index (χ3v) is 5.43. The van der Waals surface area contributed by atoms with Gasteiger partial charge < -0.3 is 11.1 Å². The number of rotatable bonds is 4. The molecule has 1 rings (SSSR count). The molecular weight excluding hydrogens is 248 g/mol. The first-order valence-electron chi connectivity index (χ1n) is 6.73. The summed E-state index contributed by atoms with van der Waals surface area (Å²) in [5.74, 6) is 0.862. The van der Waals surface area contributed by atoms with Crippen molar-refractivity contribution in [3.63, 3.8) is 0 Å². The quantitative estimate of drug-likeness (QED) is 0.804. The predicted octanol–water partition coefficient (Wildman–Crippen LogP) is 1.02. The van der Waals surface area contributed by atoms with Crippen molar-refractivity contribution in [3.8, 4) is 0 Å². The van der Waals surface area contributed by atoms with Gasteiger partial charge in [-0.15, -0.1) is 0 Å². The zero-order chi connectivity index (χ0) is 13.9. The Morgan fingerprint density at radius 1 is 1.39 bits per heavy atom. The zero-order valence-electron chi connectivity index (χ0n) is 11.8. The van der Waals surface area contributed by atoms with Gasteiger partial charge >= 0.3 is 0 Å². The average Bonchev–Trinajstić information content (AvgIpc) is 2.12. The Labute approximate surface area is 113 Å². The van der Waals surface area contributed by atoms with Gasteiger partial charge in [-0.05, 0) is 38.5 Å². The maximum atomic E-state index is 12.3. The lowest BCUT2D eigenvalue weighted by atomic mass is 9.80. The molecule has 5 heteroatoms. The van der Waals surface area contributed by atoms with Crippen LogP contribution in [0, 0.1) is 11.8 Å². The summed E-state index contributed by atoms with van der Waals surface area (Å²) < 4.78 is 12.3. The standard InChI is InChI=1S/C13H26N2O2S/c1-8(2)15-12(16)7-18(17)13-10(4)5-9(3)6-11(13)14/h8-11,13H,5-7,14H2,1-4H3,(H,15,16). The molecule has 1 fully saturated rings. The smallest absolute Gasteiger partial charge is 0.232 e. The van der Waals surface area contributed by atoms with E-state index in [2.05, 4.69) is 19.2 Å². The van der Waals surface area contributed by atoms with Gasteiger partial charge in [0.1, 0.15) is 5.75 Å². The van der Waals surface area contributed by atoms with Crippen molar-refractivity contribution in [2.24, 2.45) is 17.6 Å². The van der Waals surface area contributed by atoms with E-state index in [0.717, 1.165) is 12.8 Å². The minimum Gasteiger partial charge on any atom is -0.353 e. The Balaban J connectivity index is 2.57. The number of carbonyl (C=O) groups excluding carboxylic acids is 1. The summed E-state index contributed by atoms with van der Waals surface area (Å²) in [6.07, 6.45) is 1.96. The van der Waals surface area contributed by atoms with Gasteiger partial charge in [0.2, 0.25) is 5.91 Å². The second-order valence-electron chi connectivity index (χ2n) is 5.93. The molecule has 3 N–H and O–H groups in total. The van der Waals surface area contributed by atoms with Gasteiger partial charge in [0.05, 0.1) is 5.25 Å². The Kier molecular flexibility index (Phi) is 5.79. The summed E-state index contributed by atoms with van der Waals surface area (Å²) in [5.41, 5.74) is 6.11. The third-order valence-electron chi connectivity index (χ3n) is 3.46. The minimum atomic E-state index is -1.17. The van der Waals surface area contributed by atoms with Crippen LogP contribution in [0.5, 0.6) is 0 Å². The van der Waals surface area contributed by atoms with Crippen LogP contribution in [0.2, 0.25) is 0 Å². The second kappa shape index (κ2) is 6.66. The number of hydrogen-bond acceptors (Lipinski definition) is 3. The van der Waals surface area contributed by atoms with E-state index < -0.39 is 10.8 Å². The molecule has 18 heavy (non-hydrogen) atoms. The molecule has 5 atom stereocenters. The van der Waals surface area contributed by atoms with E-state index in [0.29, 0.717) is 11.8 Å². The van der Waals surface area contributed by atoms with E-state index in [1.54, 1.807) is 0 Å². The van der Waals surface area contributed by atoms with Crippen LogP contribution in [0.3, 0.4) is 0 Å². The molecule has 0 radical (unpaired) electrons. The first-order valence-corrected chi connectivity index (χ1v) is 8.11. The van der Waals surface area contributed by atoms with E-state index in [1.165, 1.54) is 0 Å². The lowest BCUT2D eigenvalue weighted by Crippen LogP contribution is -2.49. The maximum Gasteiger partial charge on any atom is 0.232 e. The molecule has 4 nitrogen and oxygen atoms in total. The van der Waals surface area contributed by atoms with Crippen molar-refractivity contribution in [1.29, 1.82) is 0 Å². The third kappa shape index (κ3) is 4.35. The molecule has 1 saturated carbocycles. The van der Waals surface area contributed by atoms with Crippen molar-refractivity contribution in [3.05, 3.63) is 0 Å². The van der Waals surface area contributed by atoms with Crippen molar-refractivity contribution in [1.82, 2.24) is 5.32 Å². The molecule has 1 aliphatic rings. The molecule has 0 aromatic heterocycles. The Bertz CT molecular complexity index is 308. The molecular formula is C13H26N2O2S. The fourth-order valence-electron chi connectivity index (χ4n) is 2.93. The van der Waals surface area contributed by atoms with Crippen LogP contribution in [0.15, 0.2) is 0 Å². The topological polar surface area (TPSA) is 72.2 Å². The lowest BCUT2D eigenvalue weighted by Gasteiger charge is -2.36. The Hall–Kier alpha value is -0.420. The van der Waals surface area contributed by atoms with Gasteiger partial charge in [0, 0.05) is 22.9 Å². The normalized spacial score (nSPS) is 34.3. The van der Waals surface area contributed by atoms with E-state index in [9.17, 15) is 9.00 Å². The molecule has 0 spiro atoms. The van der Waals surface area contributed by atoms with Crippen LogP contribution in [0.1, 0.15) is 40.5 Å². The van der Waals surface area contributed by atoms with E-state index >= 15 is 0 Å². The van der Waals surface area contributed by atoms with Crippen LogP contribution in [-0.2, 0) is 15.6 Å². The highest BCUT2D eigenvalue weighted by atomic mass is 32.2. The second-order valence-corrected chi connectivity index (χ2v) is 7.52. The van der Waals surface area contributed by atoms with Crippen LogP contribution in [-0.4, -0.2) is 33.2 Å². The highest BCUT2D eigenvalue weighted by molar-refractivity contribution is 7.86. The van der Waals surface area contributed by atoms with Crippen LogP contribution < -0.4 is 11.1 Å². The van der Waals surface area contributed by atoms with Crippen LogP contribution in [0.4, 0.5) is 0 Å². The monoisotopic (exact) mass is 274 g/mol. The van der Waals surface area contributed by atoms with E-state index in [-0.39, 0.29) is 29.0 Å². The molecule has 5 unspecified atom stereocenters. The number of hydrogen-bond donors (Lipinski definition) is 2. The number of nitrogens with one attached hydrogen (secondary N) is 1. The predicted molar refractivity (Wildman–Crippen MR) is 75.6 cm³/mol. The van der Waals surface area contributed by atoms with Gasteiger partial charge in [-0.25, -0.2) is 0 Å². The Morgan fingerprint density at radius 2 is 2.00 bits per heavy atom. The van der Waals surface area contributed by atoms with Gasteiger partial charge in [-0.1, -0.05) is 13.8 Å². The average molecular weight is 274 g/mol. The summed E-state index contributed by atoms with van der Waals surface area (Å²) in [5, 5.41) is 2.74. The molecule has 106 valence electrons. The fraction of sp³-hybridized carbons (Fsp3) is 0.923. The fourth-order valence-corrected chi connectivity index (χ4v) is 4.59. The van der Waals surface area contributed by atoms with Crippen molar-refractivity contribution < 1.29 is 9.00 Å². The van der Waals surface area contributed by atoms with Crippen molar-refractivity contribution in [2.45, 2.75) is 57.9 Å². The molecule has 1 amide bonds. The summed E-state index contributed by atoms with van der Waals surface area (Å²) >= 11 is 0. The van der Waals surface area contributed by atoms with Gasteiger partial charge in [-0.2, -0.15) is 0 Å². The first kappa shape index (κ1) is 15.6. The molecule has 0 aromatic carbocycles. The van der Waals surface area contributed by atoms with Crippen LogP contribution >= 0.6 is 0 Å². The summed E-state index contributed by atoms with van der Waals surface area (Å²) in [4.78, 5) is 11.6. The number of nitrogens with two attached hydrogens (primary N) is 1. The zero-order valence-corrected chi connectivity index (χ0v) is 12.6. The summed E-state index contributed by atoms with van der Waals surface area (Å²) in [7, 11) is -1.17. The summed E-state index contributed by atoms with van der Waals surface area (Å²) in [6, 6.07) is 0.0448. The largest absolute Gasteiger partial charge is 0.353 e. The molecule has 0 aromatic rings. The highest BCUT2D eigenvalue weighted by Gasteiger charge is 2.36. The SMILES string of the molecule is CC1CC(C)C(S(=O)CC(=O)NC(C)C)C(N)C1. The van der Waals surface area contributed by atoms with E-state index in [4.69, 9.17) is 5.73 Å². The van der Waals surface area contributed by atoms with Crippen LogP contribution in [0.25, 0.3) is 0 Å². The molecule has 0 bridgehead atoms. The minimum absolute atomic E-state index is 0.0425. The van der Waals surface area contributed by atoms with Gasteiger partial charge in [0.15, 0.2) is 0 Å². The van der Waals surface area contributed by atoms with Crippen molar-refractivity contribution >= 4 is 16.7 Å². The molecule has 1 aliphatic carbocycles. The Morgan fingerprint density at radius 3 is 2.50 bits per heavy atom. The first-order chi connectivity index (χ1) is 8.31. The molecule has 0 heterocycles. The van der Waals surface area contributed by atoms with Crippen molar-refractivity contribution in [2.75, 3.05) is 5.75 Å². The molecule has 0 aliphatic heterocycles. The van der Waals surface area contributed by atoms with Gasteiger partial charge in [0.25, 0.3) is 0 Å². The number of carbonyl (C=O) groups is 1. The maximum absolute atomic E-state index is 12.3. The lowest BCUT2D eigenvalue weighted by molar-refractivity contribution is -0.119. The van der Waals surface area contributed by atoms with Gasteiger partial charge in [-0.3, -0.25) is 9.00 Å².